The van der Waals surface area contributed by atoms with Crippen LogP contribution in [0.15, 0.2) is 17.2 Å². The lowest BCUT2D eigenvalue weighted by atomic mass is 10.4. The molecule has 1 aromatic heterocycles. The first-order valence-electron chi connectivity index (χ1n) is 7.02. The summed E-state index contributed by atoms with van der Waals surface area (Å²) in [6.45, 7) is 9.02. The summed E-state index contributed by atoms with van der Waals surface area (Å²) in [5.41, 5.74) is 0.867. The van der Waals surface area contributed by atoms with Crippen LogP contribution in [-0.4, -0.2) is 50.6 Å². The third-order valence-corrected chi connectivity index (χ3v) is 4.91. The summed E-state index contributed by atoms with van der Waals surface area (Å²) in [6.07, 6.45) is 1.55. The van der Waals surface area contributed by atoms with E-state index in [9.17, 15) is 8.42 Å². The van der Waals surface area contributed by atoms with Gasteiger partial charge in [-0.3, -0.25) is 0 Å². The van der Waals surface area contributed by atoms with Crippen molar-refractivity contribution in [3.05, 3.63) is 18.0 Å². The van der Waals surface area contributed by atoms with Gasteiger partial charge in [0.05, 0.1) is 11.5 Å². The van der Waals surface area contributed by atoms with Crippen molar-refractivity contribution in [2.24, 2.45) is 0 Å². The molecule has 116 valence electrons. The summed E-state index contributed by atoms with van der Waals surface area (Å²) in [5.74, 6) is 0. The highest BCUT2D eigenvalue weighted by Crippen LogP contribution is 2.16. The van der Waals surface area contributed by atoms with Crippen molar-refractivity contribution in [2.45, 2.75) is 32.2 Å². The van der Waals surface area contributed by atoms with Gasteiger partial charge in [0.1, 0.15) is 0 Å². The molecule has 0 unspecified atom stereocenters. The van der Waals surface area contributed by atoms with Crippen LogP contribution in [0.2, 0.25) is 0 Å². The molecule has 2 N–H and O–H groups in total. The van der Waals surface area contributed by atoms with Crippen molar-refractivity contribution < 1.29 is 13.2 Å². The van der Waals surface area contributed by atoms with Crippen LogP contribution in [0, 0.1) is 0 Å². The number of nitrogens with one attached hydrogen (secondary N) is 2. The zero-order chi connectivity index (χ0) is 15.0. The van der Waals surface area contributed by atoms with Gasteiger partial charge in [0.25, 0.3) is 0 Å². The van der Waals surface area contributed by atoms with Gasteiger partial charge in [-0.05, 0) is 19.5 Å². The van der Waals surface area contributed by atoms with Crippen LogP contribution in [-0.2, 0) is 21.3 Å². The molecule has 0 aliphatic rings. The molecule has 1 aromatic rings. The van der Waals surface area contributed by atoms with Crippen molar-refractivity contribution in [3.8, 4) is 0 Å². The van der Waals surface area contributed by atoms with E-state index in [0.29, 0.717) is 37.7 Å². The van der Waals surface area contributed by atoms with Gasteiger partial charge < -0.3 is 15.0 Å². The zero-order valence-electron chi connectivity index (χ0n) is 12.5. The van der Waals surface area contributed by atoms with Gasteiger partial charge in [-0.25, -0.2) is 8.42 Å². The van der Waals surface area contributed by atoms with Crippen LogP contribution >= 0.6 is 0 Å². The van der Waals surface area contributed by atoms with E-state index >= 15 is 0 Å². The maximum Gasteiger partial charge on any atom is 0.244 e. The molecule has 0 atom stereocenters. The number of hydrogen-bond acceptors (Lipinski definition) is 4. The van der Waals surface area contributed by atoms with Crippen LogP contribution < -0.4 is 5.32 Å². The number of likely N-dealkylation sites (N-methyl/N-ethyl adjacent to an activating group) is 1. The second-order valence-electron chi connectivity index (χ2n) is 4.33. The van der Waals surface area contributed by atoms with Gasteiger partial charge in [0.15, 0.2) is 0 Å². The van der Waals surface area contributed by atoms with Crippen LogP contribution in [0.4, 0.5) is 0 Å². The lowest BCUT2D eigenvalue weighted by Gasteiger charge is -2.19. The van der Waals surface area contributed by atoms with Crippen molar-refractivity contribution >= 4 is 10.0 Å². The van der Waals surface area contributed by atoms with Crippen molar-refractivity contribution in [1.29, 1.82) is 0 Å². The Morgan fingerprint density at radius 3 is 2.70 bits per heavy atom. The molecule has 0 aliphatic heterocycles. The molecule has 1 heterocycles. The van der Waals surface area contributed by atoms with E-state index in [0.717, 1.165) is 12.2 Å². The number of nitrogens with zero attached hydrogens (tertiary/aromatic N) is 1. The highest BCUT2D eigenvalue weighted by atomic mass is 32.2. The molecule has 20 heavy (non-hydrogen) atoms. The Balaban J connectivity index is 2.76. The molecular formula is C13H25N3O3S. The summed E-state index contributed by atoms with van der Waals surface area (Å²) in [6, 6.07) is 1.68. The standard InChI is InChI=1S/C13H25N3O3S/c1-4-14-10-12-9-13(11-15-12)20(17,18)16(5-2)7-8-19-6-3/h9,11,14-15H,4-8,10H2,1-3H3. The van der Waals surface area contributed by atoms with Crippen LogP contribution in [0.25, 0.3) is 0 Å². The maximum atomic E-state index is 12.5. The Morgan fingerprint density at radius 2 is 2.10 bits per heavy atom. The van der Waals surface area contributed by atoms with Crippen molar-refractivity contribution in [2.75, 3.05) is 32.8 Å². The van der Waals surface area contributed by atoms with E-state index < -0.39 is 10.0 Å². The summed E-state index contributed by atoms with van der Waals surface area (Å²) in [4.78, 5) is 3.30. The molecule has 6 nitrogen and oxygen atoms in total. The Labute approximate surface area is 121 Å². The van der Waals surface area contributed by atoms with Gasteiger partial charge in [-0.15, -0.1) is 0 Å². The molecule has 0 radical (unpaired) electrons. The predicted octanol–water partition coefficient (Wildman–Crippen LogP) is 1.17. The molecule has 7 heteroatoms. The van der Waals surface area contributed by atoms with Gasteiger partial charge >= 0.3 is 0 Å². The predicted molar refractivity (Wildman–Crippen MR) is 79.1 cm³/mol. The minimum atomic E-state index is -3.44. The van der Waals surface area contributed by atoms with Gasteiger partial charge in [0, 0.05) is 38.1 Å². The van der Waals surface area contributed by atoms with E-state index in [2.05, 4.69) is 10.3 Å². The van der Waals surface area contributed by atoms with Crippen LogP contribution in [0.1, 0.15) is 26.5 Å². The fraction of sp³-hybridized carbons (Fsp3) is 0.692. The van der Waals surface area contributed by atoms with Gasteiger partial charge in [0.2, 0.25) is 10.0 Å². The monoisotopic (exact) mass is 303 g/mol. The number of sulfonamides is 1. The molecular weight excluding hydrogens is 278 g/mol. The average molecular weight is 303 g/mol. The molecule has 0 aliphatic carbocycles. The Hall–Kier alpha value is -0.890. The fourth-order valence-corrected chi connectivity index (χ4v) is 3.29. The SMILES string of the molecule is CCNCc1cc(S(=O)(=O)N(CC)CCOCC)c[nH]1. The van der Waals surface area contributed by atoms with Gasteiger partial charge in [-0.2, -0.15) is 4.31 Å². The largest absolute Gasteiger partial charge is 0.380 e. The normalized spacial score (nSPS) is 12.2. The maximum absolute atomic E-state index is 12.5. The third-order valence-electron chi connectivity index (χ3n) is 2.96. The Morgan fingerprint density at radius 1 is 1.35 bits per heavy atom. The molecule has 0 spiro atoms. The molecule has 0 bridgehead atoms. The molecule has 0 saturated heterocycles. The average Bonchev–Trinajstić information content (AvgIpc) is 2.90. The minimum absolute atomic E-state index is 0.309. The van der Waals surface area contributed by atoms with E-state index in [4.69, 9.17) is 4.74 Å². The molecule has 1 rings (SSSR count). The number of aromatic amines is 1. The number of ether oxygens (including phenoxy) is 1. The summed E-state index contributed by atoms with van der Waals surface area (Å²) < 4.78 is 31.6. The number of aromatic nitrogens is 1. The second kappa shape index (κ2) is 8.41. The highest BCUT2D eigenvalue weighted by molar-refractivity contribution is 7.89. The minimum Gasteiger partial charge on any atom is -0.380 e. The molecule has 0 amide bonds. The van der Waals surface area contributed by atoms with E-state index in [1.54, 1.807) is 12.3 Å². The smallest absolute Gasteiger partial charge is 0.244 e. The number of hydrogen-bond donors (Lipinski definition) is 2. The highest BCUT2D eigenvalue weighted by Gasteiger charge is 2.23. The van der Waals surface area contributed by atoms with Crippen LogP contribution in [0.5, 0.6) is 0 Å². The topological polar surface area (TPSA) is 74.4 Å². The summed E-state index contributed by atoms with van der Waals surface area (Å²) in [5, 5.41) is 3.15. The first-order valence-corrected chi connectivity index (χ1v) is 8.46. The van der Waals surface area contributed by atoms with Crippen molar-refractivity contribution in [3.63, 3.8) is 0 Å². The van der Waals surface area contributed by atoms with E-state index in [1.807, 2.05) is 20.8 Å². The lowest BCUT2D eigenvalue weighted by Crippen LogP contribution is -2.33. The molecule has 0 saturated carbocycles. The van der Waals surface area contributed by atoms with E-state index in [1.165, 1.54) is 4.31 Å². The number of H-pyrrole nitrogens is 1. The quantitative estimate of drug-likeness (QED) is 0.636. The molecule has 0 aromatic carbocycles. The van der Waals surface area contributed by atoms with Crippen LogP contribution in [0.3, 0.4) is 0 Å². The van der Waals surface area contributed by atoms with Gasteiger partial charge in [-0.1, -0.05) is 13.8 Å². The summed E-state index contributed by atoms with van der Waals surface area (Å²) >= 11 is 0. The molecule has 0 fully saturated rings. The first kappa shape index (κ1) is 17.2. The lowest BCUT2D eigenvalue weighted by molar-refractivity contribution is 0.135. The third kappa shape index (κ3) is 4.59. The van der Waals surface area contributed by atoms with Crippen molar-refractivity contribution in [1.82, 2.24) is 14.6 Å². The Bertz CT molecular complexity index is 485. The first-order chi connectivity index (χ1) is 9.56. The Kier molecular flexibility index (Phi) is 7.22. The van der Waals surface area contributed by atoms with E-state index in [-0.39, 0.29) is 0 Å². The zero-order valence-corrected chi connectivity index (χ0v) is 13.3. The second-order valence-corrected chi connectivity index (χ2v) is 6.27. The fourth-order valence-electron chi connectivity index (χ4n) is 1.84. The summed E-state index contributed by atoms with van der Waals surface area (Å²) in [7, 11) is -3.44. The number of rotatable bonds is 10.